The second-order valence-electron chi connectivity index (χ2n) is 7.01. The van der Waals surface area contributed by atoms with E-state index in [0.29, 0.717) is 13.1 Å². The summed E-state index contributed by atoms with van der Waals surface area (Å²) in [6.45, 7) is 4.56. The average Bonchev–Trinajstić information content (AvgIpc) is 2.70. The second-order valence-corrected chi connectivity index (χ2v) is 9.12. The molecule has 2 aromatic carbocycles. The first-order valence-electron chi connectivity index (χ1n) is 8.50. The number of sulfone groups is 1. The lowest BCUT2D eigenvalue weighted by Crippen LogP contribution is -2.35. The molecule has 0 bridgehead atoms. The molecule has 1 aliphatic rings. The van der Waals surface area contributed by atoms with Crippen LogP contribution in [-0.2, 0) is 27.7 Å². The molecule has 0 unspecified atom stereocenters. The van der Waals surface area contributed by atoms with Crippen molar-refractivity contribution in [1.82, 2.24) is 4.90 Å². The minimum absolute atomic E-state index is 0.0170. The van der Waals surface area contributed by atoms with Gasteiger partial charge >= 0.3 is 0 Å². The van der Waals surface area contributed by atoms with Crippen LogP contribution in [0.5, 0.6) is 0 Å². The Morgan fingerprint density at radius 1 is 0.960 bits per heavy atom. The van der Waals surface area contributed by atoms with Crippen molar-refractivity contribution in [3.05, 3.63) is 59.7 Å². The highest BCUT2D eigenvalue weighted by molar-refractivity contribution is 7.92. The number of benzene rings is 2. The smallest absolute Gasteiger partial charge is 0.238 e. The van der Waals surface area contributed by atoms with Crippen LogP contribution in [0.1, 0.15) is 25.0 Å². The zero-order valence-electron chi connectivity index (χ0n) is 14.6. The fourth-order valence-electron chi connectivity index (χ4n) is 3.33. The van der Waals surface area contributed by atoms with Gasteiger partial charge in [-0.15, -0.1) is 0 Å². The molecule has 2 aromatic rings. The number of carbonyl (C=O) groups excluding carboxylic acids is 1. The summed E-state index contributed by atoms with van der Waals surface area (Å²) in [7, 11) is -3.39. The normalized spacial score (nSPS) is 14.0. The number of amides is 1. The lowest BCUT2D eigenvalue weighted by molar-refractivity contribution is -0.129. The molecule has 0 N–H and O–H groups in total. The molecule has 0 aromatic heterocycles. The molecular formula is C20H23NO3S. The van der Waals surface area contributed by atoms with Gasteiger partial charge in [0.05, 0.1) is 5.75 Å². The Labute approximate surface area is 149 Å². The molecule has 1 amide bonds. The standard InChI is InChI=1S/C20H23NO3S/c1-15(2)13-25(23,24)14-20(22)21-11-16-7-3-5-9-18(16)19-10-6-4-8-17(19)12-21/h3-10,15H,11-14H2,1-2H3. The van der Waals surface area contributed by atoms with Gasteiger partial charge in [-0.1, -0.05) is 62.4 Å². The third-order valence-electron chi connectivity index (χ3n) is 4.33. The predicted octanol–water partition coefficient (Wildman–Crippen LogP) is 3.27. The van der Waals surface area contributed by atoms with Gasteiger partial charge in [-0.25, -0.2) is 8.42 Å². The zero-order chi connectivity index (χ0) is 18.0. The zero-order valence-corrected chi connectivity index (χ0v) is 15.4. The van der Waals surface area contributed by atoms with Crippen molar-refractivity contribution in [3.8, 4) is 11.1 Å². The van der Waals surface area contributed by atoms with E-state index >= 15 is 0 Å². The highest BCUT2D eigenvalue weighted by Crippen LogP contribution is 2.32. The monoisotopic (exact) mass is 357 g/mol. The summed E-state index contributed by atoms with van der Waals surface area (Å²) in [4.78, 5) is 14.4. The van der Waals surface area contributed by atoms with E-state index in [1.807, 2.05) is 50.2 Å². The molecule has 4 nitrogen and oxygen atoms in total. The molecule has 5 heteroatoms. The molecule has 1 aliphatic heterocycles. The summed E-state index contributed by atoms with van der Waals surface area (Å²) < 4.78 is 24.4. The summed E-state index contributed by atoms with van der Waals surface area (Å²) in [5, 5.41) is 0. The maximum atomic E-state index is 12.7. The van der Waals surface area contributed by atoms with Crippen molar-refractivity contribution < 1.29 is 13.2 Å². The number of rotatable bonds is 4. The van der Waals surface area contributed by atoms with E-state index in [9.17, 15) is 13.2 Å². The highest BCUT2D eigenvalue weighted by atomic mass is 32.2. The Balaban J connectivity index is 1.91. The molecule has 0 spiro atoms. The first-order valence-corrected chi connectivity index (χ1v) is 10.3. The number of hydrogen-bond donors (Lipinski definition) is 0. The highest BCUT2D eigenvalue weighted by Gasteiger charge is 2.26. The Bertz CT molecular complexity index is 840. The predicted molar refractivity (Wildman–Crippen MR) is 99.6 cm³/mol. The van der Waals surface area contributed by atoms with Crippen LogP contribution in [0.4, 0.5) is 0 Å². The summed E-state index contributed by atoms with van der Waals surface area (Å²) in [5.74, 6) is -0.689. The number of carbonyl (C=O) groups is 1. The first-order chi connectivity index (χ1) is 11.9. The van der Waals surface area contributed by atoms with E-state index in [-0.39, 0.29) is 17.6 Å². The maximum absolute atomic E-state index is 12.7. The summed E-state index contributed by atoms with van der Waals surface area (Å²) in [5.41, 5.74) is 4.31. The molecule has 3 rings (SSSR count). The summed E-state index contributed by atoms with van der Waals surface area (Å²) in [6, 6.07) is 16.0. The van der Waals surface area contributed by atoms with Gasteiger partial charge in [-0.2, -0.15) is 0 Å². The van der Waals surface area contributed by atoms with Crippen molar-refractivity contribution in [2.45, 2.75) is 26.9 Å². The molecule has 0 atom stereocenters. The van der Waals surface area contributed by atoms with Crippen molar-refractivity contribution in [2.75, 3.05) is 11.5 Å². The Morgan fingerprint density at radius 2 is 1.44 bits per heavy atom. The van der Waals surface area contributed by atoms with Gasteiger partial charge < -0.3 is 4.90 Å². The third kappa shape index (κ3) is 4.10. The fourth-order valence-corrected chi connectivity index (χ4v) is 5.02. The van der Waals surface area contributed by atoms with Gasteiger partial charge in [0.1, 0.15) is 5.75 Å². The van der Waals surface area contributed by atoms with E-state index in [2.05, 4.69) is 12.1 Å². The van der Waals surface area contributed by atoms with Crippen molar-refractivity contribution >= 4 is 15.7 Å². The quantitative estimate of drug-likeness (QED) is 0.844. The maximum Gasteiger partial charge on any atom is 0.238 e. The lowest BCUT2D eigenvalue weighted by Gasteiger charge is -2.21. The number of nitrogens with zero attached hydrogens (tertiary/aromatic N) is 1. The number of hydrogen-bond acceptors (Lipinski definition) is 3. The summed E-state index contributed by atoms with van der Waals surface area (Å²) in [6.07, 6.45) is 0. The van der Waals surface area contributed by atoms with Crippen LogP contribution >= 0.6 is 0 Å². The van der Waals surface area contributed by atoms with Crippen LogP contribution in [0.25, 0.3) is 11.1 Å². The SMILES string of the molecule is CC(C)CS(=O)(=O)CC(=O)N1Cc2ccccc2-c2ccccc2C1. The van der Waals surface area contributed by atoms with Crippen molar-refractivity contribution in [1.29, 1.82) is 0 Å². The van der Waals surface area contributed by atoms with Crippen LogP contribution in [0.3, 0.4) is 0 Å². The van der Waals surface area contributed by atoms with Gasteiger partial charge in [-0.05, 0) is 28.2 Å². The molecule has 1 heterocycles. The number of fused-ring (bicyclic) bond motifs is 3. The van der Waals surface area contributed by atoms with Crippen LogP contribution < -0.4 is 0 Å². The van der Waals surface area contributed by atoms with E-state index in [4.69, 9.17) is 0 Å². The second kappa shape index (κ2) is 7.00. The molecule has 0 aliphatic carbocycles. The third-order valence-corrected chi connectivity index (χ3v) is 6.19. The molecular weight excluding hydrogens is 334 g/mol. The van der Waals surface area contributed by atoms with Gasteiger partial charge in [0.15, 0.2) is 9.84 Å². The van der Waals surface area contributed by atoms with E-state index < -0.39 is 15.6 Å². The Hall–Kier alpha value is -2.14. The van der Waals surface area contributed by atoms with Crippen LogP contribution in [0, 0.1) is 5.92 Å². The molecule has 0 saturated carbocycles. The van der Waals surface area contributed by atoms with Crippen molar-refractivity contribution in [3.63, 3.8) is 0 Å². The van der Waals surface area contributed by atoms with Gasteiger partial charge in [0.25, 0.3) is 0 Å². The fraction of sp³-hybridized carbons (Fsp3) is 0.350. The summed E-state index contributed by atoms with van der Waals surface area (Å²) >= 11 is 0. The molecule has 25 heavy (non-hydrogen) atoms. The first kappa shape index (κ1) is 17.7. The minimum Gasteiger partial charge on any atom is -0.333 e. The van der Waals surface area contributed by atoms with Crippen LogP contribution in [0.15, 0.2) is 48.5 Å². The topological polar surface area (TPSA) is 54.5 Å². The Morgan fingerprint density at radius 3 is 1.92 bits per heavy atom. The molecule has 0 saturated heterocycles. The van der Waals surface area contributed by atoms with Gasteiger partial charge in [0.2, 0.25) is 5.91 Å². The van der Waals surface area contributed by atoms with Gasteiger partial charge in [0, 0.05) is 13.1 Å². The average molecular weight is 357 g/mol. The lowest BCUT2D eigenvalue weighted by atomic mass is 9.97. The molecule has 0 radical (unpaired) electrons. The largest absolute Gasteiger partial charge is 0.333 e. The molecule has 0 fully saturated rings. The molecule has 132 valence electrons. The van der Waals surface area contributed by atoms with E-state index in [0.717, 1.165) is 22.3 Å². The Kier molecular flexibility index (Phi) is 4.95. The van der Waals surface area contributed by atoms with E-state index in [1.54, 1.807) is 4.90 Å². The van der Waals surface area contributed by atoms with Gasteiger partial charge in [-0.3, -0.25) is 4.79 Å². The van der Waals surface area contributed by atoms with Crippen LogP contribution in [0.2, 0.25) is 0 Å². The van der Waals surface area contributed by atoms with E-state index in [1.165, 1.54) is 0 Å². The minimum atomic E-state index is -3.39. The van der Waals surface area contributed by atoms with Crippen LogP contribution in [-0.4, -0.2) is 30.7 Å². The van der Waals surface area contributed by atoms with Crippen molar-refractivity contribution in [2.24, 2.45) is 5.92 Å².